The lowest BCUT2D eigenvalue weighted by molar-refractivity contribution is -0.142. The Balaban J connectivity index is 2.14. The number of phenolic OH excluding ortho intramolecular Hbond substituents is 1. The third-order valence-corrected chi connectivity index (χ3v) is 5.03. The largest absolute Gasteiger partial charge is 0.508 e. The van der Waals surface area contributed by atoms with Crippen LogP contribution in [0.2, 0.25) is 0 Å². The fraction of sp³-hybridized carbons (Fsp3) is 0.462. The Morgan fingerprint density at radius 3 is 2.76 bits per heavy atom. The summed E-state index contributed by atoms with van der Waals surface area (Å²) in [6.45, 7) is 1.95. The summed E-state index contributed by atoms with van der Waals surface area (Å²) in [5, 5.41) is 18.6. The van der Waals surface area contributed by atoms with Crippen molar-refractivity contribution in [3.63, 3.8) is 0 Å². The predicted octanol–water partition coefficient (Wildman–Crippen LogP) is 1.15. The first kappa shape index (κ1) is 15.6. The van der Waals surface area contributed by atoms with E-state index in [-0.39, 0.29) is 24.5 Å². The highest BCUT2D eigenvalue weighted by Crippen LogP contribution is 2.24. The SMILES string of the molecule is Cc1ccc(NS(=O)(=O)N2CCCC(C(=O)O)C2)cc1O. The van der Waals surface area contributed by atoms with Crippen molar-refractivity contribution in [3.8, 4) is 5.75 Å². The third kappa shape index (κ3) is 3.64. The number of aryl methyl sites for hydroxylation is 1. The number of piperidine rings is 1. The number of nitrogens with zero attached hydrogens (tertiary/aromatic N) is 1. The smallest absolute Gasteiger partial charge is 0.307 e. The second-order valence-corrected chi connectivity index (χ2v) is 6.81. The molecule has 3 N–H and O–H groups in total. The van der Waals surface area contributed by atoms with E-state index in [0.29, 0.717) is 18.4 Å². The number of carboxylic acids is 1. The summed E-state index contributed by atoms with van der Waals surface area (Å²) in [6.07, 6.45) is 0.990. The Bertz CT molecular complexity index is 644. The van der Waals surface area contributed by atoms with E-state index in [4.69, 9.17) is 5.11 Å². The fourth-order valence-corrected chi connectivity index (χ4v) is 3.55. The van der Waals surface area contributed by atoms with Crippen molar-refractivity contribution in [1.82, 2.24) is 4.31 Å². The van der Waals surface area contributed by atoms with Gasteiger partial charge >= 0.3 is 16.2 Å². The summed E-state index contributed by atoms with van der Waals surface area (Å²) in [4.78, 5) is 11.0. The number of carboxylic acid groups (broad SMARTS) is 1. The molecular weight excluding hydrogens is 296 g/mol. The number of anilines is 1. The summed E-state index contributed by atoms with van der Waals surface area (Å²) >= 11 is 0. The van der Waals surface area contributed by atoms with Gasteiger partial charge in [-0.15, -0.1) is 0 Å². The van der Waals surface area contributed by atoms with E-state index in [1.807, 2.05) is 0 Å². The van der Waals surface area contributed by atoms with Gasteiger partial charge in [0.15, 0.2) is 0 Å². The molecule has 0 amide bonds. The van der Waals surface area contributed by atoms with Gasteiger partial charge in [-0.05, 0) is 31.4 Å². The molecule has 7 nitrogen and oxygen atoms in total. The van der Waals surface area contributed by atoms with Gasteiger partial charge in [0, 0.05) is 19.2 Å². The number of aliphatic carboxylic acids is 1. The Labute approximate surface area is 123 Å². The topological polar surface area (TPSA) is 107 Å². The first-order chi connectivity index (χ1) is 9.79. The second-order valence-electron chi connectivity index (χ2n) is 5.14. The van der Waals surface area contributed by atoms with Crippen LogP contribution in [0, 0.1) is 12.8 Å². The molecule has 2 rings (SSSR count). The number of benzene rings is 1. The molecule has 1 aromatic carbocycles. The van der Waals surface area contributed by atoms with Crippen LogP contribution in [0.1, 0.15) is 18.4 Å². The highest BCUT2D eigenvalue weighted by molar-refractivity contribution is 7.90. The van der Waals surface area contributed by atoms with E-state index >= 15 is 0 Å². The van der Waals surface area contributed by atoms with Gasteiger partial charge in [0.1, 0.15) is 5.75 Å². The Morgan fingerprint density at radius 2 is 2.14 bits per heavy atom. The molecule has 1 aliphatic rings. The molecule has 1 unspecified atom stereocenters. The molecule has 0 spiro atoms. The highest BCUT2D eigenvalue weighted by atomic mass is 32.2. The van der Waals surface area contributed by atoms with Crippen LogP contribution in [0.5, 0.6) is 5.75 Å². The maximum Gasteiger partial charge on any atom is 0.307 e. The fourth-order valence-electron chi connectivity index (χ4n) is 2.25. The van der Waals surface area contributed by atoms with Gasteiger partial charge in [-0.1, -0.05) is 6.07 Å². The van der Waals surface area contributed by atoms with Crippen LogP contribution in [0.15, 0.2) is 18.2 Å². The lowest BCUT2D eigenvalue weighted by Gasteiger charge is -2.29. The van der Waals surface area contributed by atoms with E-state index in [1.54, 1.807) is 19.1 Å². The average Bonchev–Trinajstić information content (AvgIpc) is 2.43. The van der Waals surface area contributed by atoms with Crippen LogP contribution in [0.4, 0.5) is 5.69 Å². The molecule has 1 aromatic rings. The van der Waals surface area contributed by atoms with Gasteiger partial charge in [-0.25, -0.2) is 0 Å². The highest BCUT2D eigenvalue weighted by Gasteiger charge is 2.32. The van der Waals surface area contributed by atoms with Crippen molar-refractivity contribution in [2.75, 3.05) is 17.8 Å². The zero-order chi connectivity index (χ0) is 15.6. The van der Waals surface area contributed by atoms with E-state index in [2.05, 4.69) is 4.72 Å². The van der Waals surface area contributed by atoms with Crippen molar-refractivity contribution in [2.24, 2.45) is 5.92 Å². The number of rotatable bonds is 4. The number of hydrogen-bond donors (Lipinski definition) is 3. The minimum atomic E-state index is -3.82. The number of aromatic hydroxyl groups is 1. The van der Waals surface area contributed by atoms with Gasteiger partial charge in [-0.2, -0.15) is 12.7 Å². The van der Waals surface area contributed by atoms with Gasteiger partial charge in [0.05, 0.1) is 11.6 Å². The number of phenols is 1. The zero-order valence-corrected chi connectivity index (χ0v) is 12.4. The maximum absolute atomic E-state index is 12.3. The first-order valence-electron chi connectivity index (χ1n) is 6.60. The molecule has 1 heterocycles. The molecule has 116 valence electrons. The molecule has 0 bridgehead atoms. The average molecular weight is 314 g/mol. The monoisotopic (exact) mass is 314 g/mol. The van der Waals surface area contributed by atoms with Crippen molar-refractivity contribution >= 4 is 21.9 Å². The van der Waals surface area contributed by atoms with Crippen LogP contribution >= 0.6 is 0 Å². The first-order valence-corrected chi connectivity index (χ1v) is 8.04. The molecule has 0 saturated carbocycles. The summed E-state index contributed by atoms with van der Waals surface area (Å²) in [5.74, 6) is -1.66. The van der Waals surface area contributed by atoms with Crippen molar-refractivity contribution in [3.05, 3.63) is 23.8 Å². The minimum absolute atomic E-state index is 0.00254. The van der Waals surface area contributed by atoms with Crippen LogP contribution in [0.25, 0.3) is 0 Å². The van der Waals surface area contributed by atoms with Crippen LogP contribution < -0.4 is 4.72 Å². The third-order valence-electron chi connectivity index (χ3n) is 3.53. The molecule has 0 aliphatic carbocycles. The zero-order valence-electron chi connectivity index (χ0n) is 11.6. The summed E-state index contributed by atoms with van der Waals surface area (Å²) in [6, 6.07) is 4.47. The number of nitrogens with one attached hydrogen (secondary N) is 1. The predicted molar refractivity (Wildman–Crippen MR) is 77.3 cm³/mol. The Morgan fingerprint density at radius 1 is 1.43 bits per heavy atom. The van der Waals surface area contributed by atoms with Gasteiger partial charge in [0.25, 0.3) is 0 Å². The van der Waals surface area contributed by atoms with E-state index < -0.39 is 22.1 Å². The summed E-state index contributed by atoms with van der Waals surface area (Å²) in [5.41, 5.74) is 0.886. The Kier molecular flexibility index (Phi) is 4.38. The molecule has 0 aromatic heterocycles. The second kappa shape index (κ2) is 5.90. The van der Waals surface area contributed by atoms with E-state index in [0.717, 1.165) is 4.31 Å². The van der Waals surface area contributed by atoms with E-state index in [9.17, 15) is 18.3 Å². The molecule has 21 heavy (non-hydrogen) atoms. The van der Waals surface area contributed by atoms with Crippen molar-refractivity contribution in [1.29, 1.82) is 0 Å². The number of hydrogen-bond acceptors (Lipinski definition) is 4. The van der Waals surface area contributed by atoms with Gasteiger partial charge in [-0.3, -0.25) is 9.52 Å². The molecule has 1 aliphatic heterocycles. The van der Waals surface area contributed by atoms with Crippen LogP contribution in [-0.2, 0) is 15.0 Å². The quantitative estimate of drug-likeness (QED) is 0.773. The lowest BCUT2D eigenvalue weighted by atomic mass is 10.0. The Hall–Kier alpha value is -1.80. The molecule has 8 heteroatoms. The van der Waals surface area contributed by atoms with Crippen LogP contribution in [0.3, 0.4) is 0 Å². The van der Waals surface area contributed by atoms with Crippen molar-refractivity contribution in [2.45, 2.75) is 19.8 Å². The lowest BCUT2D eigenvalue weighted by Crippen LogP contribution is -2.44. The molecule has 1 fully saturated rings. The molecule has 1 atom stereocenters. The number of carbonyl (C=O) groups is 1. The van der Waals surface area contributed by atoms with E-state index in [1.165, 1.54) is 6.07 Å². The minimum Gasteiger partial charge on any atom is -0.508 e. The van der Waals surface area contributed by atoms with Gasteiger partial charge < -0.3 is 10.2 Å². The van der Waals surface area contributed by atoms with Crippen molar-refractivity contribution < 1.29 is 23.4 Å². The summed E-state index contributed by atoms with van der Waals surface area (Å²) in [7, 11) is -3.82. The summed E-state index contributed by atoms with van der Waals surface area (Å²) < 4.78 is 28.0. The molecule has 1 saturated heterocycles. The molecular formula is C13H18N2O5S. The molecule has 0 radical (unpaired) electrons. The standard InChI is InChI=1S/C13H18N2O5S/c1-9-4-5-11(7-12(9)16)14-21(19,20)15-6-2-3-10(8-15)13(17)18/h4-5,7,10,14,16H,2-3,6,8H2,1H3,(H,17,18). The normalized spacial score (nSPS) is 20.1. The van der Waals surface area contributed by atoms with Gasteiger partial charge in [0.2, 0.25) is 0 Å². The maximum atomic E-state index is 12.3. The van der Waals surface area contributed by atoms with Crippen LogP contribution in [-0.4, -0.2) is 42.0 Å².